The SMILES string of the molecule is COc1ccc(NS(=O)(=O)c2ccc(F)cc2)cc1OC(F)F. The van der Waals surface area contributed by atoms with Crippen molar-refractivity contribution in [3.05, 3.63) is 48.3 Å². The van der Waals surface area contributed by atoms with E-state index in [2.05, 4.69) is 9.46 Å². The Hall–Kier alpha value is -2.42. The van der Waals surface area contributed by atoms with Crippen LogP contribution in [-0.4, -0.2) is 22.1 Å². The molecule has 0 atom stereocenters. The van der Waals surface area contributed by atoms with E-state index in [1.807, 2.05) is 0 Å². The van der Waals surface area contributed by atoms with Gasteiger partial charge in [0.2, 0.25) is 0 Å². The van der Waals surface area contributed by atoms with Crippen LogP contribution in [0.5, 0.6) is 11.5 Å². The quantitative estimate of drug-likeness (QED) is 0.871. The van der Waals surface area contributed by atoms with Crippen molar-refractivity contribution in [2.24, 2.45) is 0 Å². The van der Waals surface area contributed by atoms with Crippen molar-refractivity contribution in [1.82, 2.24) is 0 Å². The second kappa shape index (κ2) is 6.78. The van der Waals surface area contributed by atoms with Gasteiger partial charge in [0.25, 0.3) is 10.0 Å². The Morgan fingerprint density at radius 1 is 1.04 bits per heavy atom. The minimum atomic E-state index is -4.00. The van der Waals surface area contributed by atoms with Crippen LogP contribution in [0.2, 0.25) is 0 Å². The molecule has 23 heavy (non-hydrogen) atoms. The molecule has 0 heterocycles. The highest BCUT2D eigenvalue weighted by Crippen LogP contribution is 2.32. The van der Waals surface area contributed by atoms with E-state index in [0.717, 1.165) is 30.3 Å². The Morgan fingerprint density at radius 2 is 1.70 bits per heavy atom. The first-order valence-corrected chi connectivity index (χ1v) is 7.71. The molecule has 0 fully saturated rings. The Kier molecular flexibility index (Phi) is 4.99. The number of benzene rings is 2. The molecule has 0 aliphatic heterocycles. The van der Waals surface area contributed by atoms with Gasteiger partial charge in [-0.05, 0) is 36.4 Å². The van der Waals surface area contributed by atoms with E-state index < -0.39 is 22.5 Å². The zero-order chi connectivity index (χ0) is 17.0. The van der Waals surface area contributed by atoms with Crippen LogP contribution < -0.4 is 14.2 Å². The van der Waals surface area contributed by atoms with Gasteiger partial charge in [-0.25, -0.2) is 12.8 Å². The number of methoxy groups -OCH3 is 1. The standard InChI is InChI=1S/C14H12F3NO4S/c1-21-12-7-4-10(8-13(12)22-14(16)17)18-23(19,20)11-5-2-9(15)3-6-11/h2-8,14,18H,1H3. The lowest BCUT2D eigenvalue weighted by atomic mass is 10.3. The summed E-state index contributed by atoms with van der Waals surface area (Å²) in [6, 6.07) is 7.81. The maximum atomic E-state index is 12.8. The number of hydrogen-bond donors (Lipinski definition) is 1. The van der Waals surface area contributed by atoms with E-state index >= 15 is 0 Å². The number of hydrogen-bond acceptors (Lipinski definition) is 4. The van der Waals surface area contributed by atoms with E-state index in [1.54, 1.807) is 0 Å². The van der Waals surface area contributed by atoms with Crippen molar-refractivity contribution in [3.63, 3.8) is 0 Å². The molecule has 0 aliphatic rings. The van der Waals surface area contributed by atoms with Gasteiger partial charge in [0.05, 0.1) is 17.7 Å². The summed E-state index contributed by atoms with van der Waals surface area (Å²) in [5, 5.41) is 0. The monoisotopic (exact) mass is 347 g/mol. The predicted octanol–water partition coefficient (Wildman–Crippen LogP) is 3.24. The fourth-order valence-electron chi connectivity index (χ4n) is 1.76. The third-order valence-electron chi connectivity index (χ3n) is 2.76. The minimum Gasteiger partial charge on any atom is -0.493 e. The van der Waals surface area contributed by atoms with Gasteiger partial charge >= 0.3 is 6.61 Å². The van der Waals surface area contributed by atoms with Gasteiger partial charge in [-0.3, -0.25) is 4.72 Å². The summed E-state index contributed by atoms with van der Waals surface area (Å²) >= 11 is 0. The zero-order valence-electron chi connectivity index (χ0n) is 11.8. The maximum Gasteiger partial charge on any atom is 0.387 e. The molecule has 0 bridgehead atoms. The molecule has 5 nitrogen and oxygen atoms in total. The van der Waals surface area contributed by atoms with Crippen molar-refractivity contribution in [2.45, 2.75) is 11.5 Å². The second-order valence-corrected chi connectivity index (χ2v) is 5.99. The maximum absolute atomic E-state index is 12.8. The normalized spacial score (nSPS) is 11.3. The van der Waals surface area contributed by atoms with Gasteiger partial charge < -0.3 is 9.47 Å². The number of ether oxygens (including phenoxy) is 2. The van der Waals surface area contributed by atoms with Gasteiger partial charge in [-0.1, -0.05) is 0 Å². The van der Waals surface area contributed by atoms with Crippen LogP contribution in [0.1, 0.15) is 0 Å². The molecule has 2 rings (SSSR count). The van der Waals surface area contributed by atoms with Crippen molar-refractivity contribution >= 4 is 15.7 Å². The first kappa shape index (κ1) is 16.9. The number of alkyl halides is 2. The van der Waals surface area contributed by atoms with E-state index in [9.17, 15) is 21.6 Å². The predicted molar refractivity (Wildman–Crippen MR) is 76.8 cm³/mol. The van der Waals surface area contributed by atoms with E-state index in [4.69, 9.17) is 4.74 Å². The molecule has 124 valence electrons. The van der Waals surface area contributed by atoms with Gasteiger partial charge in [0.1, 0.15) is 5.82 Å². The average Bonchev–Trinajstić information content (AvgIpc) is 2.47. The molecule has 0 saturated heterocycles. The summed E-state index contributed by atoms with van der Waals surface area (Å²) in [6.45, 7) is -3.09. The van der Waals surface area contributed by atoms with Crippen LogP contribution in [0.4, 0.5) is 18.9 Å². The summed E-state index contributed by atoms with van der Waals surface area (Å²) in [4.78, 5) is -0.175. The summed E-state index contributed by atoms with van der Waals surface area (Å²) < 4.78 is 73.2. The van der Waals surface area contributed by atoms with E-state index in [1.165, 1.54) is 19.2 Å². The summed E-state index contributed by atoms with van der Waals surface area (Å²) in [5.74, 6) is -0.877. The Morgan fingerprint density at radius 3 is 2.26 bits per heavy atom. The van der Waals surface area contributed by atoms with Crippen LogP contribution in [0.3, 0.4) is 0 Å². The van der Waals surface area contributed by atoms with Crippen molar-refractivity contribution in [3.8, 4) is 11.5 Å². The molecule has 0 aliphatic carbocycles. The molecule has 2 aromatic carbocycles. The number of nitrogens with one attached hydrogen (secondary N) is 1. The van der Waals surface area contributed by atoms with E-state index in [-0.39, 0.29) is 22.1 Å². The third-order valence-corrected chi connectivity index (χ3v) is 4.15. The topological polar surface area (TPSA) is 64.6 Å². The van der Waals surface area contributed by atoms with Gasteiger partial charge in [0.15, 0.2) is 11.5 Å². The Labute approximate surface area is 130 Å². The molecule has 1 N–H and O–H groups in total. The molecular formula is C14H12F3NO4S. The first-order valence-electron chi connectivity index (χ1n) is 6.23. The highest BCUT2D eigenvalue weighted by molar-refractivity contribution is 7.92. The van der Waals surface area contributed by atoms with Crippen LogP contribution in [0.25, 0.3) is 0 Å². The number of rotatable bonds is 6. The number of anilines is 1. The van der Waals surface area contributed by atoms with Crippen LogP contribution >= 0.6 is 0 Å². The molecule has 2 aromatic rings. The molecule has 0 aromatic heterocycles. The van der Waals surface area contributed by atoms with Crippen molar-refractivity contribution < 1.29 is 31.1 Å². The number of sulfonamides is 1. The molecule has 0 spiro atoms. The molecule has 0 saturated carbocycles. The third kappa shape index (κ3) is 4.28. The highest BCUT2D eigenvalue weighted by Gasteiger charge is 2.17. The summed E-state index contributed by atoms with van der Waals surface area (Å²) in [7, 11) is -2.74. The van der Waals surface area contributed by atoms with Gasteiger partial charge in [-0.2, -0.15) is 8.78 Å². The smallest absolute Gasteiger partial charge is 0.387 e. The van der Waals surface area contributed by atoms with Crippen LogP contribution in [-0.2, 0) is 10.0 Å². The van der Waals surface area contributed by atoms with Crippen molar-refractivity contribution in [2.75, 3.05) is 11.8 Å². The Bertz CT molecular complexity index is 779. The van der Waals surface area contributed by atoms with E-state index in [0.29, 0.717) is 0 Å². The fraction of sp³-hybridized carbons (Fsp3) is 0.143. The molecule has 0 unspecified atom stereocenters. The summed E-state index contributed by atoms with van der Waals surface area (Å²) in [5.41, 5.74) is -0.00854. The van der Waals surface area contributed by atoms with Crippen LogP contribution in [0.15, 0.2) is 47.4 Å². The molecule has 9 heteroatoms. The molecule has 0 radical (unpaired) electrons. The summed E-state index contributed by atoms with van der Waals surface area (Å²) in [6.07, 6.45) is 0. The Balaban J connectivity index is 2.30. The largest absolute Gasteiger partial charge is 0.493 e. The average molecular weight is 347 g/mol. The lowest BCUT2D eigenvalue weighted by Gasteiger charge is -2.13. The molecular weight excluding hydrogens is 335 g/mol. The zero-order valence-corrected chi connectivity index (χ0v) is 12.6. The van der Waals surface area contributed by atoms with Crippen LogP contribution in [0, 0.1) is 5.82 Å². The lowest BCUT2D eigenvalue weighted by Crippen LogP contribution is -2.13. The fourth-order valence-corrected chi connectivity index (χ4v) is 2.81. The lowest BCUT2D eigenvalue weighted by molar-refractivity contribution is -0.0511. The first-order chi connectivity index (χ1) is 10.8. The minimum absolute atomic E-state index is 0.00854. The van der Waals surface area contributed by atoms with Gasteiger partial charge in [-0.15, -0.1) is 0 Å². The van der Waals surface area contributed by atoms with Crippen molar-refractivity contribution in [1.29, 1.82) is 0 Å². The highest BCUT2D eigenvalue weighted by atomic mass is 32.2. The number of halogens is 3. The van der Waals surface area contributed by atoms with Gasteiger partial charge in [0, 0.05) is 6.07 Å². The molecule has 0 amide bonds. The second-order valence-electron chi connectivity index (χ2n) is 4.30.